The zero-order valence-corrected chi connectivity index (χ0v) is 10.6. The lowest BCUT2D eigenvalue weighted by Crippen LogP contribution is -2.08. The third-order valence-corrected chi connectivity index (χ3v) is 2.81. The minimum atomic E-state index is 0.915. The van der Waals surface area contributed by atoms with Gasteiger partial charge in [0.2, 0.25) is 5.95 Å². The zero-order valence-electron chi connectivity index (χ0n) is 10.6. The van der Waals surface area contributed by atoms with Gasteiger partial charge in [-0.25, -0.2) is 4.98 Å². The third-order valence-electron chi connectivity index (χ3n) is 2.81. The number of aryl methyl sites for hydroxylation is 4. The van der Waals surface area contributed by atoms with E-state index >= 15 is 0 Å². The van der Waals surface area contributed by atoms with E-state index in [9.17, 15) is 0 Å². The molecule has 2 heterocycles. The average molecular weight is 233 g/mol. The summed E-state index contributed by atoms with van der Waals surface area (Å²) in [6.07, 6.45) is 4.86. The summed E-state index contributed by atoms with van der Waals surface area (Å²) in [5.74, 6) is 0.915. The Bertz CT molecular complexity index is 483. The highest BCUT2D eigenvalue weighted by molar-refractivity contribution is 5.23. The Hall–Kier alpha value is -1.78. The van der Waals surface area contributed by atoms with Crippen LogP contribution in [-0.2, 0) is 13.1 Å². The van der Waals surface area contributed by atoms with Gasteiger partial charge in [0.05, 0.1) is 5.69 Å². The number of hydrogen-bond donors (Lipinski definition) is 1. The molecule has 0 aliphatic heterocycles. The summed E-state index contributed by atoms with van der Waals surface area (Å²) in [7, 11) is 1.89. The van der Waals surface area contributed by atoms with Crippen LogP contribution in [0.4, 0.5) is 5.95 Å². The number of anilines is 1. The maximum atomic E-state index is 4.45. The molecule has 0 saturated carbocycles. The third kappa shape index (κ3) is 2.67. The lowest BCUT2D eigenvalue weighted by molar-refractivity contribution is 0.518. The van der Waals surface area contributed by atoms with Crippen LogP contribution in [-0.4, -0.2) is 26.4 Å². The molecule has 5 heteroatoms. The molecule has 17 heavy (non-hydrogen) atoms. The fourth-order valence-electron chi connectivity index (χ4n) is 2.01. The van der Waals surface area contributed by atoms with E-state index in [0.717, 1.165) is 31.2 Å². The van der Waals surface area contributed by atoms with Crippen LogP contribution in [0, 0.1) is 13.8 Å². The first-order valence-corrected chi connectivity index (χ1v) is 5.90. The number of nitrogens with one attached hydrogen (secondary N) is 1. The first kappa shape index (κ1) is 11.7. The van der Waals surface area contributed by atoms with Crippen LogP contribution in [0.2, 0.25) is 0 Å². The molecule has 92 valence electrons. The summed E-state index contributed by atoms with van der Waals surface area (Å²) in [5.41, 5.74) is 2.31. The van der Waals surface area contributed by atoms with E-state index in [1.54, 1.807) is 0 Å². The number of hydrogen-bond acceptors (Lipinski definition) is 3. The molecule has 0 spiro atoms. The molecule has 0 aromatic carbocycles. The van der Waals surface area contributed by atoms with E-state index in [-0.39, 0.29) is 0 Å². The largest absolute Gasteiger partial charge is 0.359 e. The summed E-state index contributed by atoms with van der Waals surface area (Å²) < 4.78 is 4.18. The lowest BCUT2D eigenvalue weighted by Gasteiger charge is -2.08. The highest BCUT2D eigenvalue weighted by Gasteiger charge is 2.02. The Morgan fingerprint density at radius 1 is 1.29 bits per heavy atom. The van der Waals surface area contributed by atoms with Gasteiger partial charge in [-0.05, 0) is 26.3 Å². The number of nitrogens with zero attached hydrogens (tertiary/aromatic N) is 4. The molecular weight excluding hydrogens is 214 g/mol. The molecule has 2 aromatic heterocycles. The van der Waals surface area contributed by atoms with E-state index in [1.165, 1.54) is 5.69 Å². The van der Waals surface area contributed by atoms with Gasteiger partial charge in [0.25, 0.3) is 0 Å². The average Bonchev–Trinajstić information content (AvgIpc) is 2.86. The standard InChI is InChI=1S/C12H19N5/c1-10-9-11(2)17(15-10)7-4-6-16-8-5-14-12(16)13-3/h5,8-9H,4,6-7H2,1-3H3,(H,13,14). The molecule has 0 amide bonds. The fourth-order valence-corrected chi connectivity index (χ4v) is 2.01. The van der Waals surface area contributed by atoms with Gasteiger partial charge < -0.3 is 9.88 Å². The molecule has 0 aliphatic rings. The van der Waals surface area contributed by atoms with Crippen molar-refractivity contribution in [3.05, 3.63) is 29.8 Å². The topological polar surface area (TPSA) is 47.7 Å². The molecule has 2 rings (SSSR count). The first-order chi connectivity index (χ1) is 8.20. The Balaban J connectivity index is 1.89. The van der Waals surface area contributed by atoms with Crippen molar-refractivity contribution >= 4 is 5.95 Å². The van der Waals surface area contributed by atoms with Crippen molar-refractivity contribution in [1.82, 2.24) is 19.3 Å². The molecule has 1 N–H and O–H groups in total. The van der Waals surface area contributed by atoms with Gasteiger partial charge in [-0.15, -0.1) is 0 Å². The van der Waals surface area contributed by atoms with Crippen LogP contribution < -0.4 is 5.32 Å². The summed E-state index contributed by atoms with van der Waals surface area (Å²) in [5, 5.41) is 7.52. The van der Waals surface area contributed by atoms with Crippen molar-refractivity contribution in [3.63, 3.8) is 0 Å². The van der Waals surface area contributed by atoms with Crippen LogP contribution in [0.1, 0.15) is 17.8 Å². The fraction of sp³-hybridized carbons (Fsp3) is 0.500. The maximum absolute atomic E-state index is 4.45. The van der Waals surface area contributed by atoms with Crippen LogP contribution in [0.3, 0.4) is 0 Å². The molecule has 0 bridgehead atoms. The van der Waals surface area contributed by atoms with Gasteiger partial charge >= 0.3 is 0 Å². The van der Waals surface area contributed by atoms with Crippen molar-refractivity contribution in [3.8, 4) is 0 Å². The first-order valence-electron chi connectivity index (χ1n) is 5.90. The Labute approximate surface area is 101 Å². The summed E-state index contributed by atoms with van der Waals surface area (Å²) in [6.45, 7) is 6.02. The van der Waals surface area contributed by atoms with E-state index in [1.807, 2.05) is 26.4 Å². The Kier molecular flexibility index (Phi) is 3.46. The summed E-state index contributed by atoms with van der Waals surface area (Å²) in [4.78, 5) is 4.21. The summed E-state index contributed by atoms with van der Waals surface area (Å²) in [6, 6.07) is 2.11. The quantitative estimate of drug-likeness (QED) is 0.857. The Morgan fingerprint density at radius 2 is 2.12 bits per heavy atom. The van der Waals surface area contributed by atoms with Crippen molar-refractivity contribution < 1.29 is 0 Å². The molecule has 0 aliphatic carbocycles. The van der Waals surface area contributed by atoms with Crippen molar-refractivity contribution in [2.24, 2.45) is 0 Å². The molecule has 0 radical (unpaired) electrons. The van der Waals surface area contributed by atoms with Crippen LogP contribution in [0.25, 0.3) is 0 Å². The monoisotopic (exact) mass is 233 g/mol. The van der Waals surface area contributed by atoms with Crippen molar-refractivity contribution in [2.45, 2.75) is 33.4 Å². The van der Waals surface area contributed by atoms with Gasteiger partial charge in [0, 0.05) is 38.2 Å². The molecule has 2 aromatic rings. The second-order valence-corrected chi connectivity index (χ2v) is 4.20. The van der Waals surface area contributed by atoms with Crippen LogP contribution >= 0.6 is 0 Å². The molecule has 0 fully saturated rings. The van der Waals surface area contributed by atoms with E-state index in [0.29, 0.717) is 0 Å². The molecule has 0 unspecified atom stereocenters. The van der Waals surface area contributed by atoms with Gasteiger partial charge in [-0.2, -0.15) is 5.10 Å². The predicted molar refractivity (Wildman–Crippen MR) is 68.1 cm³/mol. The van der Waals surface area contributed by atoms with E-state index in [4.69, 9.17) is 0 Å². The smallest absolute Gasteiger partial charge is 0.202 e. The second-order valence-electron chi connectivity index (χ2n) is 4.20. The highest BCUT2D eigenvalue weighted by Crippen LogP contribution is 2.07. The summed E-state index contributed by atoms with van der Waals surface area (Å²) >= 11 is 0. The van der Waals surface area contributed by atoms with E-state index < -0.39 is 0 Å². The second kappa shape index (κ2) is 5.03. The van der Waals surface area contributed by atoms with Crippen LogP contribution in [0.15, 0.2) is 18.5 Å². The van der Waals surface area contributed by atoms with Crippen molar-refractivity contribution in [1.29, 1.82) is 0 Å². The number of aromatic nitrogens is 4. The predicted octanol–water partition coefficient (Wildman–Crippen LogP) is 1.83. The molecule has 0 atom stereocenters. The highest BCUT2D eigenvalue weighted by atomic mass is 15.3. The molecule has 0 saturated heterocycles. The number of rotatable bonds is 5. The minimum Gasteiger partial charge on any atom is -0.359 e. The van der Waals surface area contributed by atoms with E-state index in [2.05, 4.69) is 37.6 Å². The number of imidazole rings is 1. The molecule has 5 nitrogen and oxygen atoms in total. The maximum Gasteiger partial charge on any atom is 0.202 e. The molecular formula is C12H19N5. The van der Waals surface area contributed by atoms with Crippen LogP contribution in [0.5, 0.6) is 0 Å². The Morgan fingerprint density at radius 3 is 2.76 bits per heavy atom. The SMILES string of the molecule is CNc1nccn1CCCn1nc(C)cc1C. The van der Waals surface area contributed by atoms with Gasteiger partial charge in [-0.3, -0.25) is 4.68 Å². The normalized spacial score (nSPS) is 10.8. The minimum absolute atomic E-state index is 0.915. The van der Waals surface area contributed by atoms with Gasteiger partial charge in [-0.1, -0.05) is 0 Å². The lowest BCUT2D eigenvalue weighted by atomic mass is 10.4. The van der Waals surface area contributed by atoms with Gasteiger partial charge in [0.1, 0.15) is 0 Å². The van der Waals surface area contributed by atoms with Crippen molar-refractivity contribution in [2.75, 3.05) is 12.4 Å². The zero-order chi connectivity index (χ0) is 12.3. The van der Waals surface area contributed by atoms with Gasteiger partial charge in [0.15, 0.2) is 0 Å².